The van der Waals surface area contributed by atoms with E-state index in [0.717, 1.165) is 6.42 Å². The van der Waals surface area contributed by atoms with Crippen molar-refractivity contribution in [3.05, 3.63) is 35.9 Å². The van der Waals surface area contributed by atoms with E-state index in [1.165, 1.54) is 17.0 Å². The number of carbonyl (C=O) groups excluding carboxylic acids is 2. The molecule has 1 N–H and O–H groups in total. The summed E-state index contributed by atoms with van der Waals surface area (Å²) in [5.74, 6) is -1.84. The third-order valence-electron chi connectivity index (χ3n) is 6.29. The third kappa shape index (κ3) is 2.34. The molecule has 7 nitrogen and oxygen atoms in total. The number of carboxylic acid groups (broad SMARTS) is 1. The Hall–Kier alpha value is -2.67. The molecule has 3 fully saturated rings. The largest absolute Gasteiger partial charge is 0.478 e. The fourth-order valence-corrected chi connectivity index (χ4v) is 5.05. The summed E-state index contributed by atoms with van der Waals surface area (Å²) >= 11 is 0. The molecule has 2 aliphatic heterocycles. The predicted molar refractivity (Wildman–Crippen MR) is 96.6 cm³/mol. The number of carboxylic acids is 1. The highest BCUT2D eigenvalue weighted by atomic mass is 16.5. The SMILES string of the molecule is O=C(O)c1ccc(N2CCOCC2)c(N2C(=O)[C@@H]3[C@@H](C2=O)[C@H]2C=C[C@@H]3C2)c1. The molecule has 0 spiro atoms. The second-order valence-corrected chi connectivity index (χ2v) is 7.62. The van der Waals surface area contributed by atoms with Crippen LogP contribution < -0.4 is 9.80 Å². The lowest BCUT2D eigenvalue weighted by Crippen LogP contribution is -2.39. The molecule has 1 aromatic carbocycles. The maximum Gasteiger partial charge on any atom is 0.335 e. The normalized spacial score (nSPS) is 31.7. The Balaban J connectivity index is 1.59. The van der Waals surface area contributed by atoms with Gasteiger partial charge in [0, 0.05) is 13.1 Å². The van der Waals surface area contributed by atoms with E-state index < -0.39 is 5.97 Å². The number of nitrogens with zero attached hydrogens (tertiary/aromatic N) is 2. The molecule has 2 bridgehead atoms. The summed E-state index contributed by atoms with van der Waals surface area (Å²) in [5, 5.41) is 9.41. The van der Waals surface area contributed by atoms with Crippen LogP contribution in [0.3, 0.4) is 0 Å². The molecule has 2 aliphatic carbocycles. The predicted octanol–water partition coefficient (Wildman–Crippen LogP) is 1.53. The van der Waals surface area contributed by atoms with Crippen LogP contribution in [0.25, 0.3) is 0 Å². The van der Waals surface area contributed by atoms with Crippen LogP contribution in [0.2, 0.25) is 0 Å². The van der Waals surface area contributed by atoms with E-state index >= 15 is 0 Å². The fourth-order valence-electron chi connectivity index (χ4n) is 5.05. The number of amides is 2. The number of ether oxygens (including phenoxy) is 1. The van der Waals surface area contributed by atoms with Gasteiger partial charge in [0.25, 0.3) is 0 Å². The van der Waals surface area contributed by atoms with Crippen molar-refractivity contribution in [1.82, 2.24) is 0 Å². The van der Waals surface area contributed by atoms with E-state index in [2.05, 4.69) is 12.2 Å². The van der Waals surface area contributed by atoms with Crippen LogP contribution in [0, 0.1) is 23.7 Å². The van der Waals surface area contributed by atoms with Crippen LogP contribution in [0.5, 0.6) is 0 Å². The van der Waals surface area contributed by atoms with Gasteiger partial charge in [-0.3, -0.25) is 9.59 Å². The van der Waals surface area contributed by atoms with Gasteiger partial charge < -0.3 is 14.7 Å². The average Bonchev–Trinajstić information content (AvgIpc) is 3.36. The zero-order valence-electron chi connectivity index (χ0n) is 14.7. The highest BCUT2D eigenvalue weighted by Gasteiger charge is 2.60. The van der Waals surface area contributed by atoms with Gasteiger partial charge in [0.1, 0.15) is 0 Å². The van der Waals surface area contributed by atoms with E-state index in [4.69, 9.17) is 4.74 Å². The minimum absolute atomic E-state index is 0.0702. The molecule has 27 heavy (non-hydrogen) atoms. The van der Waals surface area contributed by atoms with E-state index in [1.54, 1.807) is 6.07 Å². The fraction of sp³-hybridized carbons (Fsp3) is 0.450. The first-order valence-electron chi connectivity index (χ1n) is 9.32. The molecule has 0 radical (unpaired) electrons. The zero-order valence-corrected chi connectivity index (χ0v) is 14.7. The third-order valence-corrected chi connectivity index (χ3v) is 6.29. The van der Waals surface area contributed by atoms with Crippen LogP contribution in [0.4, 0.5) is 11.4 Å². The summed E-state index contributed by atoms with van der Waals surface area (Å²) in [5.41, 5.74) is 1.17. The highest BCUT2D eigenvalue weighted by Crippen LogP contribution is 2.54. The number of benzene rings is 1. The molecule has 2 heterocycles. The van der Waals surface area contributed by atoms with Gasteiger partial charge >= 0.3 is 5.97 Å². The lowest BCUT2D eigenvalue weighted by molar-refractivity contribution is -0.123. The van der Waals surface area contributed by atoms with Crippen molar-refractivity contribution < 1.29 is 24.2 Å². The average molecular weight is 368 g/mol. The second-order valence-electron chi connectivity index (χ2n) is 7.62. The Bertz CT molecular complexity index is 843. The van der Waals surface area contributed by atoms with E-state index in [1.807, 2.05) is 4.90 Å². The second kappa shape index (κ2) is 5.92. The minimum atomic E-state index is -1.08. The van der Waals surface area contributed by atoms with Crippen LogP contribution in [-0.4, -0.2) is 49.2 Å². The van der Waals surface area contributed by atoms with Crippen molar-refractivity contribution in [1.29, 1.82) is 0 Å². The van der Waals surface area contributed by atoms with Crippen molar-refractivity contribution in [3.8, 4) is 0 Å². The number of hydrogen-bond acceptors (Lipinski definition) is 5. The van der Waals surface area contributed by atoms with Gasteiger partial charge in [-0.1, -0.05) is 12.2 Å². The number of allylic oxidation sites excluding steroid dienone is 2. The maximum atomic E-state index is 13.2. The Labute approximate surface area is 156 Å². The number of hydrogen-bond donors (Lipinski definition) is 1. The van der Waals surface area contributed by atoms with Gasteiger partial charge in [0.15, 0.2) is 0 Å². The standard InChI is InChI=1S/C20H20N2O5/c23-18-16-11-1-2-12(9-11)17(16)19(24)22(18)15-10-13(20(25)26)3-4-14(15)21-5-7-27-8-6-21/h1-4,10-12,16-17H,5-9H2,(H,25,26)/t11-,12+,16-,17-/m0/s1. The number of aromatic carboxylic acids is 1. The minimum Gasteiger partial charge on any atom is -0.478 e. The molecule has 4 atom stereocenters. The zero-order chi connectivity index (χ0) is 18.7. The Kier molecular flexibility index (Phi) is 3.62. The number of carbonyl (C=O) groups is 3. The molecular weight excluding hydrogens is 348 g/mol. The smallest absolute Gasteiger partial charge is 0.335 e. The first-order valence-corrected chi connectivity index (χ1v) is 9.32. The summed E-state index contributed by atoms with van der Waals surface area (Å²) in [6, 6.07) is 4.68. The van der Waals surface area contributed by atoms with E-state index in [0.29, 0.717) is 37.7 Å². The first kappa shape index (κ1) is 16.5. The highest BCUT2D eigenvalue weighted by molar-refractivity contribution is 6.24. The van der Waals surface area contributed by atoms with Crippen molar-refractivity contribution in [3.63, 3.8) is 0 Å². The van der Waals surface area contributed by atoms with Gasteiger partial charge in [-0.15, -0.1) is 0 Å². The number of anilines is 2. The summed E-state index contributed by atoms with van der Waals surface area (Å²) in [7, 11) is 0. The van der Waals surface area contributed by atoms with Crippen molar-refractivity contribution in [2.24, 2.45) is 23.7 Å². The molecule has 1 saturated carbocycles. The number of fused-ring (bicyclic) bond motifs is 5. The first-order chi connectivity index (χ1) is 13.1. The molecule has 140 valence electrons. The molecule has 2 saturated heterocycles. The maximum absolute atomic E-state index is 13.2. The van der Waals surface area contributed by atoms with Crippen molar-refractivity contribution in [2.75, 3.05) is 36.1 Å². The monoisotopic (exact) mass is 368 g/mol. The van der Waals surface area contributed by atoms with Gasteiger partial charge in [0.2, 0.25) is 11.8 Å². The molecule has 4 aliphatic rings. The Morgan fingerprint density at radius 1 is 1.00 bits per heavy atom. The number of rotatable bonds is 3. The van der Waals surface area contributed by atoms with Gasteiger partial charge in [-0.2, -0.15) is 0 Å². The van der Waals surface area contributed by atoms with E-state index in [-0.39, 0.29) is 41.0 Å². The summed E-state index contributed by atoms with van der Waals surface area (Å²) in [6.07, 6.45) is 4.97. The van der Waals surface area contributed by atoms with Crippen LogP contribution >= 0.6 is 0 Å². The Morgan fingerprint density at radius 3 is 2.22 bits per heavy atom. The molecular formula is C20H20N2O5. The molecule has 1 aromatic rings. The van der Waals surface area contributed by atoms with Crippen LogP contribution in [0.15, 0.2) is 30.4 Å². The van der Waals surface area contributed by atoms with E-state index in [9.17, 15) is 19.5 Å². The summed E-state index contributed by atoms with van der Waals surface area (Å²) in [6.45, 7) is 2.38. The van der Waals surface area contributed by atoms with Gasteiger partial charge in [0.05, 0.1) is 42.0 Å². The van der Waals surface area contributed by atoms with Crippen molar-refractivity contribution >= 4 is 29.2 Å². The lowest BCUT2D eigenvalue weighted by Gasteiger charge is -2.32. The summed E-state index contributed by atoms with van der Waals surface area (Å²) in [4.78, 5) is 41.2. The van der Waals surface area contributed by atoms with Crippen LogP contribution in [0.1, 0.15) is 16.8 Å². The number of morpholine rings is 1. The van der Waals surface area contributed by atoms with Crippen molar-refractivity contribution in [2.45, 2.75) is 6.42 Å². The van der Waals surface area contributed by atoms with Gasteiger partial charge in [-0.05, 0) is 36.5 Å². The topological polar surface area (TPSA) is 87.2 Å². The molecule has 2 amide bonds. The molecule has 0 unspecified atom stereocenters. The van der Waals surface area contributed by atoms with Crippen LogP contribution in [-0.2, 0) is 14.3 Å². The van der Waals surface area contributed by atoms with Gasteiger partial charge in [-0.25, -0.2) is 9.69 Å². The molecule has 0 aromatic heterocycles. The lowest BCUT2D eigenvalue weighted by atomic mass is 9.85. The molecule has 7 heteroatoms. The number of imide groups is 1. The quantitative estimate of drug-likeness (QED) is 0.643. The summed E-state index contributed by atoms with van der Waals surface area (Å²) < 4.78 is 5.40. The molecule has 5 rings (SSSR count). The Morgan fingerprint density at radius 2 is 1.63 bits per heavy atom.